The van der Waals surface area contributed by atoms with Crippen LogP contribution in [-0.2, 0) is 4.79 Å². The molecule has 0 aromatic carbocycles. The van der Waals surface area contributed by atoms with Gasteiger partial charge in [0.25, 0.3) is 0 Å². The lowest BCUT2D eigenvalue weighted by Crippen LogP contribution is -1.78. The summed E-state index contributed by atoms with van der Waals surface area (Å²) in [7, 11) is 0. The maximum atomic E-state index is 10.3. The van der Waals surface area contributed by atoms with Crippen LogP contribution in [0, 0.1) is 0 Å². The number of allylic oxidation sites excluding steroid dienone is 4. The number of hydrogen-bond donors (Lipinski definition) is 0. The minimum absolute atomic E-state index is 0.379. The summed E-state index contributed by atoms with van der Waals surface area (Å²) in [5.74, 6) is 0. The van der Waals surface area contributed by atoms with E-state index in [2.05, 4.69) is 6.08 Å². The van der Waals surface area contributed by atoms with Crippen molar-refractivity contribution < 1.29 is 4.79 Å². The topological polar surface area (TPSA) is 17.1 Å². The largest absolute Gasteiger partial charge is 0.276 e. The highest BCUT2D eigenvalue weighted by Crippen LogP contribution is 2.21. The summed E-state index contributed by atoms with van der Waals surface area (Å²) in [6, 6.07) is 0. The molecule has 0 aromatic heterocycles. The zero-order chi connectivity index (χ0) is 8.81. The molecule has 0 saturated carbocycles. The van der Waals surface area contributed by atoms with E-state index in [4.69, 9.17) is 11.6 Å². The number of halogens is 1. The molecule has 0 amide bonds. The third-order valence-corrected chi connectivity index (χ3v) is 2.14. The van der Waals surface area contributed by atoms with Crippen molar-refractivity contribution in [2.75, 3.05) is 0 Å². The van der Waals surface area contributed by atoms with Gasteiger partial charge in [-0.25, -0.2) is 0 Å². The van der Waals surface area contributed by atoms with E-state index >= 15 is 0 Å². The van der Waals surface area contributed by atoms with Crippen molar-refractivity contribution in [1.29, 1.82) is 0 Å². The molecule has 1 nitrogen and oxygen atoms in total. The Labute approximate surface area is 78.1 Å². The molecule has 0 fully saturated rings. The Hall–Kier alpha value is -0.560. The molecule has 0 saturated heterocycles. The fraction of sp³-hybridized carbons (Fsp3) is 0.500. The van der Waals surface area contributed by atoms with Crippen molar-refractivity contribution in [3.8, 4) is 0 Å². The fourth-order valence-corrected chi connectivity index (χ4v) is 1.50. The number of carbonyl (C=O) groups excluding carboxylic acids is 1. The standard InChI is InChI=1S/C10H13ClO/c11-10(12)8-4-3-7-9-5-1-2-6-9/h4-5,8H,1-3,6-7H2/b8-4+. The molecule has 2 heteroatoms. The van der Waals surface area contributed by atoms with Gasteiger partial charge in [0, 0.05) is 0 Å². The second kappa shape index (κ2) is 5.15. The average molecular weight is 185 g/mol. The lowest BCUT2D eigenvalue weighted by atomic mass is 10.1. The third-order valence-electron chi connectivity index (χ3n) is 2.02. The first-order valence-corrected chi connectivity index (χ1v) is 4.71. The molecule has 0 N–H and O–H groups in total. The molecule has 0 radical (unpaired) electrons. The van der Waals surface area contributed by atoms with Crippen LogP contribution < -0.4 is 0 Å². The predicted molar refractivity (Wildman–Crippen MR) is 51.2 cm³/mol. The van der Waals surface area contributed by atoms with Crippen LogP contribution in [-0.4, -0.2) is 5.24 Å². The molecule has 0 heterocycles. The van der Waals surface area contributed by atoms with Crippen molar-refractivity contribution in [3.05, 3.63) is 23.8 Å². The summed E-state index contributed by atoms with van der Waals surface area (Å²) in [4.78, 5) is 10.3. The molecule has 1 rings (SSSR count). The van der Waals surface area contributed by atoms with Gasteiger partial charge in [-0.2, -0.15) is 0 Å². The summed E-state index contributed by atoms with van der Waals surface area (Å²) in [5.41, 5.74) is 1.53. The number of hydrogen-bond acceptors (Lipinski definition) is 1. The minimum Gasteiger partial charge on any atom is -0.276 e. The van der Waals surface area contributed by atoms with Gasteiger partial charge in [-0.15, -0.1) is 0 Å². The summed E-state index contributed by atoms with van der Waals surface area (Å²) in [5, 5.41) is -0.379. The average Bonchev–Trinajstić information content (AvgIpc) is 2.49. The van der Waals surface area contributed by atoms with Gasteiger partial charge >= 0.3 is 0 Å². The van der Waals surface area contributed by atoms with Crippen molar-refractivity contribution in [2.45, 2.75) is 32.1 Å². The highest BCUT2D eigenvalue weighted by molar-refractivity contribution is 6.66. The Morgan fingerprint density at radius 3 is 3.08 bits per heavy atom. The predicted octanol–water partition coefficient (Wildman–Crippen LogP) is 3.20. The quantitative estimate of drug-likeness (QED) is 0.373. The van der Waals surface area contributed by atoms with Crippen LogP contribution in [0.25, 0.3) is 0 Å². The summed E-state index contributed by atoms with van der Waals surface area (Å²) < 4.78 is 0. The van der Waals surface area contributed by atoms with E-state index in [0.29, 0.717) is 0 Å². The zero-order valence-corrected chi connectivity index (χ0v) is 7.81. The molecule has 0 unspecified atom stereocenters. The molecule has 1 aliphatic carbocycles. The molecule has 1 aliphatic rings. The van der Waals surface area contributed by atoms with Crippen LogP contribution in [0.3, 0.4) is 0 Å². The first kappa shape index (κ1) is 9.53. The van der Waals surface area contributed by atoms with Gasteiger partial charge in [-0.3, -0.25) is 4.79 Å². The molecule has 12 heavy (non-hydrogen) atoms. The van der Waals surface area contributed by atoms with Crippen LogP contribution >= 0.6 is 11.6 Å². The zero-order valence-electron chi connectivity index (χ0n) is 7.05. The Morgan fingerprint density at radius 1 is 1.67 bits per heavy atom. The Kier molecular flexibility index (Phi) is 4.09. The van der Waals surface area contributed by atoms with E-state index in [9.17, 15) is 4.79 Å². The molecule has 0 atom stereocenters. The normalized spacial score (nSPS) is 16.9. The lowest BCUT2D eigenvalue weighted by molar-refractivity contribution is -0.107. The van der Waals surface area contributed by atoms with Crippen LogP contribution in [0.2, 0.25) is 0 Å². The molecule has 0 bridgehead atoms. The molecular weight excluding hydrogens is 172 g/mol. The van der Waals surface area contributed by atoms with Crippen LogP contribution in [0.15, 0.2) is 23.8 Å². The van der Waals surface area contributed by atoms with Gasteiger partial charge in [0.2, 0.25) is 5.24 Å². The molecule has 66 valence electrons. The monoisotopic (exact) mass is 184 g/mol. The molecule has 0 aliphatic heterocycles. The second-order valence-electron chi connectivity index (χ2n) is 3.00. The lowest BCUT2D eigenvalue weighted by Gasteiger charge is -1.95. The maximum Gasteiger partial charge on any atom is 0.244 e. The van der Waals surface area contributed by atoms with Gasteiger partial charge in [-0.1, -0.05) is 17.7 Å². The molecule has 0 spiro atoms. The smallest absolute Gasteiger partial charge is 0.244 e. The third kappa shape index (κ3) is 3.72. The van der Waals surface area contributed by atoms with Crippen LogP contribution in [0.5, 0.6) is 0 Å². The fourth-order valence-electron chi connectivity index (χ4n) is 1.41. The number of rotatable bonds is 4. The number of carbonyl (C=O) groups is 1. The van der Waals surface area contributed by atoms with Crippen molar-refractivity contribution in [3.63, 3.8) is 0 Å². The van der Waals surface area contributed by atoms with E-state index in [1.165, 1.54) is 30.9 Å². The Bertz CT molecular complexity index is 216. The van der Waals surface area contributed by atoms with Gasteiger partial charge in [0.05, 0.1) is 0 Å². The highest BCUT2D eigenvalue weighted by atomic mass is 35.5. The van der Waals surface area contributed by atoms with E-state index in [0.717, 1.165) is 12.8 Å². The van der Waals surface area contributed by atoms with Crippen LogP contribution in [0.1, 0.15) is 32.1 Å². The summed E-state index contributed by atoms with van der Waals surface area (Å²) in [6.07, 6.45) is 11.4. The van der Waals surface area contributed by atoms with E-state index < -0.39 is 0 Å². The minimum atomic E-state index is -0.379. The van der Waals surface area contributed by atoms with Crippen molar-refractivity contribution in [1.82, 2.24) is 0 Å². The van der Waals surface area contributed by atoms with E-state index in [-0.39, 0.29) is 5.24 Å². The van der Waals surface area contributed by atoms with Crippen molar-refractivity contribution in [2.24, 2.45) is 0 Å². The van der Waals surface area contributed by atoms with E-state index in [1.54, 1.807) is 0 Å². The Balaban J connectivity index is 2.13. The van der Waals surface area contributed by atoms with Crippen LogP contribution in [0.4, 0.5) is 0 Å². The van der Waals surface area contributed by atoms with Crippen molar-refractivity contribution >= 4 is 16.8 Å². The first-order valence-electron chi connectivity index (χ1n) is 4.33. The van der Waals surface area contributed by atoms with E-state index in [1.807, 2.05) is 6.08 Å². The molecular formula is C10H13ClO. The Morgan fingerprint density at radius 2 is 2.50 bits per heavy atom. The first-order chi connectivity index (χ1) is 5.79. The maximum absolute atomic E-state index is 10.3. The van der Waals surface area contributed by atoms with Gasteiger partial charge in [0.15, 0.2) is 0 Å². The SMILES string of the molecule is O=C(Cl)/C=C/CCC1=CCCC1. The summed E-state index contributed by atoms with van der Waals surface area (Å²) >= 11 is 5.13. The van der Waals surface area contributed by atoms with Gasteiger partial charge in [0.1, 0.15) is 0 Å². The molecule has 0 aromatic rings. The summed E-state index contributed by atoms with van der Waals surface area (Å²) in [6.45, 7) is 0. The van der Waals surface area contributed by atoms with Gasteiger partial charge < -0.3 is 0 Å². The van der Waals surface area contributed by atoms with Gasteiger partial charge in [-0.05, 0) is 49.8 Å². The second-order valence-corrected chi connectivity index (χ2v) is 3.37. The highest BCUT2D eigenvalue weighted by Gasteiger charge is 2.02.